The van der Waals surface area contributed by atoms with E-state index in [1.807, 2.05) is 36.4 Å². The first kappa shape index (κ1) is 19.5. The van der Waals surface area contributed by atoms with Crippen LogP contribution in [0.2, 0.25) is 0 Å². The fourth-order valence-electron chi connectivity index (χ4n) is 3.07. The van der Waals surface area contributed by atoms with Crippen molar-refractivity contribution in [1.29, 1.82) is 0 Å². The molecule has 4 rings (SSSR count). The maximum absolute atomic E-state index is 12.5. The van der Waals surface area contributed by atoms with Crippen LogP contribution in [0.15, 0.2) is 59.8 Å². The van der Waals surface area contributed by atoms with Gasteiger partial charge in [0.05, 0.1) is 0 Å². The van der Waals surface area contributed by atoms with Crippen molar-refractivity contribution in [3.63, 3.8) is 0 Å². The average Bonchev–Trinajstić information content (AvgIpc) is 2.63. The molecule has 2 N–H and O–H groups in total. The van der Waals surface area contributed by atoms with E-state index in [-0.39, 0.29) is 5.78 Å². The molecule has 0 bridgehead atoms. The molecule has 9 heteroatoms. The predicted octanol–water partition coefficient (Wildman–Crippen LogP) is 3.46. The molecule has 0 heterocycles. The Morgan fingerprint density at radius 2 is 1.46 bits per heavy atom. The Bertz CT molecular complexity index is 1250. The normalized spacial score (nSPS) is 15.6. The third kappa shape index (κ3) is 4.17. The Hall–Kier alpha value is -3.27. The summed E-state index contributed by atoms with van der Waals surface area (Å²) in [6.07, 6.45) is 3.15. The van der Waals surface area contributed by atoms with Crippen LogP contribution >= 0.6 is 0 Å². The number of carbonyl (C=O) groups is 2. The number of hydrogen-bond donors (Lipinski definition) is 2. The van der Waals surface area contributed by atoms with E-state index in [0.717, 1.165) is 27.1 Å². The zero-order valence-electron chi connectivity index (χ0n) is 14.1. The Kier molecular flexibility index (Phi) is 5.14. The molecular formula is C19H13NO7S. The number of ketones is 1. The van der Waals surface area contributed by atoms with Gasteiger partial charge in [0, 0.05) is 10.7 Å². The van der Waals surface area contributed by atoms with E-state index in [4.69, 9.17) is 17.5 Å². The molecule has 0 saturated carbocycles. The van der Waals surface area contributed by atoms with Gasteiger partial charge < -0.3 is 0 Å². The predicted molar refractivity (Wildman–Crippen MR) is 103 cm³/mol. The molecule has 0 fully saturated rings. The highest BCUT2D eigenvalue weighted by atomic mass is 32.3. The fraction of sp³-hybridized carbons (Fsp3) is 0.0526. The topological polar surface area (TPSA) is 138 Å². The number of amides is 1. The summed E-state index contributed by atoms with van der Waals surface area (Å²) >= 11 is 0. The van der Waals surface area contributed by atoms with Gasteiger partial charge in [0.25, 0.3) is 0 Å². The van der Waals surface area contributed by atoms with E-state index in [0.29, 0.717) is 5.56 Å². The van der Waals surface area contributed by atoms with Gasteiger partial charge in [-0.15, -0.1) is 4.91 Å². The summed E-state index contributed by atoms with van der Waals surface area (Å²) in [4.78, 5) is 34.4. The average molecular weight is 399 g/mol. The van der Waals surface area contributed by atoms with Gasteiger partial charge >= 0.3 is 16.3 Å². The molecule has 1 unspecified atom stereocenters. The second kappa shape index (κ2) is 7.39. The number of Topliss-reactive ketones (excluding diaryl/α,β-unsaturated/α-hetero) is 1. The summed E-state index contributed by atoms with van der Waals surface area (Å²) in [5.74, 6) is -2.42. The van der Waals surface area contributed by atoms with Crippen LogP contribution in [0.5, 0.6) is 0 Å². The number of nitroso groups, excluding NO2 is 1. The maximum Gasteiger partial charge on any atom is 0.394 e. The first-order valence-electron chi connectivity index (χ1n) is 7.93. The molecule has 0 saturated heterocycles. The van der Waals surface area contributed by atoms with Crippen LogP contribution in [0.3, 0.4) is 0 Å². The molecule has 1 aliphatic carbocycles. The van der Waals surface area contributed by atoms with Gasteiger partial charge in [0.1, 0.15) is 5.92 Å². The van der Waals surface area contributed by atoms with Gasteiger partial charge in [0.2, 0.25) is 0 Å². The van der Waals surface area contributed by atoms with Crippen molar-refractivity contribution in [1.82, 2.24) is 0 Å². The van der Waals surface area contributed by atoms with Crippen molar-refractivity contribution in [2.75, 3.05) is 0 Å². The number of rotatable bonds is 1. The number of carbonyl (C=O) groups excluding carboxylic acids is 2. The molecule has 28 heavy (non-hydrogen) atoms. The summed E-state index contributed by atoms with van der Waals surface area (Å²) in [5.41, 5.74) is 1.21. The highest BCUT2D eigenvalue weighted by molar-refractivity contribution is 7.79. The summed E-state index contributed by atoms with van der Waals surface area (Å²) in [7, 11) is -4.67. The highest BCUT2D eigenvalue weighted by Crippen LogP contribution is 2.30. The van der Waals surface area contributed by atoms with Gasteiger partial charge in [-0.1, -0.05) is 36.4 Å². The third-order valence-electron chi connectivity index (χ3n) is 4.25. The Balaban J connectivity index is 0.000000403. The van der Waals surface area contributed by atoms with Crippen molar-refractivity contribution in [2.24, 2.45) is 11.1 Å². The van der Waals surface area contributed by atoms with Crippen LogP contribution in [0.1, 0.15) is 15.9 Å². The zero-order valence-corrected chi connectivity index (χ0v) is 15.0. The number of benzene rings is 3. The van der Waals surface area contributed by atoms with E-state index in [9.17, 15) is 14.5 Å². The third-order valence-corrected chi connectivity index (χ3v) is 4.25. The van der Waals surface area contributed by atoms with Crippen molar-refractivity contribution >= 4 is 49.7 Å². The molecule has 142 valence electrons. The van der Waals surface area contributed by atoms with Crippen LogP contribution in [0, 0.1) is 10.8 Å². The Morgan fingerprint density at radius 1 is 0.929 bits per heavy atom. The minimum absolute atomic E-state index is 0.373. The highest BCUT2D eigenvalue weighted by Gasteiger charge is 2.30. The number of nitrogens with zero attached hydrogens (tertiary/aromatic N) is 1. The lowest BCUT2D eigenvalue weighted by Crippen LogP contribution is -2.23. The smallest absolute Gasteiger partial charge is 0.293 e. The lowest BCUT2D eigenvalue weighted by Gasteiger charge is -2.16. The van der Waals surface area contributed by atoms with E-state index in [1.54, 1.807) is 12.1 Å². The molecule has 0 aliphatic heterocycles. The molecule has 1 amide bonds. The molecule has 0 spiro atoms. The molecule has 8 nitrogen and oxygen atoms in total. The standard InChI is InChI=1S/C19H11NO3.H2O4S/c21-18-16(19(22)20-23)6-5-13-9-14-7-11-3-1-2-4-12(11)8-15(14)10-17(13)18;1-5(2,3)4/h1-10,16H;(H2,1,2,3,4). The Labute approximate surface area is 159 Å². The molecule has 1 atom stereocenters. The van der Waals surface area contributed by atoms with Gasteiger partial charge in [-0.25, -0.2) is 0 Å². The first-order valence-corrected chi connectivity index (χ1v) is 9.33. The van der Waals surface area contributed by atoms with Crippen LogP contribution in [0.4, 0.5) is 0 Å². The summed E-state index contributed by atoms with van der Waals surface area (Å²) < 4.78 is 31.6. The summed E-state index contributed by atoms with van der Waals surface area (Å²) in [6.45, 7) is 0. The van der Waals surface area contributed by atoms with Gasteiger partial charge in [0.15, 0.2) is 5.78 Å². The minimum Gasteiger partial charge on any atom is -0.293 e. The van der Waals surface area contributed by atoms with E-state index in [2.05, 4.69) is 11.2 Å². The molecule has 0 radical (unpaired) electrons. The number of hydrogen-bond acceptors (Lipinski definition) is 5. The van der Waals surface area contributed by atoms with Gasteiger partial charge in [-0.05, 0) is 51.4 Å². The van der Waals surface area contributed by atoms with E-state index in [1.165, 1.54) is 6.08 Å². The summed E-state index contributed by atoms with van der Waals surface area (Å²) in [5, 5.41) is 6.54. The monoisotopic (exact) mass is 399 g/mol. The van der Waals surface area contributed by atoms with Crippen molar-refractivity contribution < 1.29 is 27.1 Å². The maximum atomic E-state index is 12.5. The molecule has 3 aromatic carbocycles. The number of fused-ring (bicyclic) bond motifs is 3. The quantitative estimate of drug-likeness (QED) is 0.276. The minimum atomic E-state index is -4.67. The fourth-order valence-corrected chi connectivity index (χ4v) is 3.07. The molecule has 3 aromatic rings. The van der Waals surface area contributed by atoms with Crippen molar-refractivity contribution in [3.8, 4) is 0 Å². The lowest BCUT2D eigenvalue weighted by molar-refractivity contribution is -0.119. The molecule has 1 aliphatic rings. The Morgan fingerprint density at radius 3 is 2.00 bits per heavy atom. The van der Waals surface area contributed by atoms with Crippen LogP contribution in [-0.2, 0) is 15.2 Å². The zero-order chi connectivity index (χ0) is 20.5. The van der Waals surface area contributed by atoms with E-state index >= 15 is 0 Å². The van der Waals surface area contributed by atoms with Crippen LogP contribution in [-0.4, -0.2) is 29.2 Å². The first-order chi connectivity index (χ1) is 13.2. The van der Waals surface area contributed by atoms with Crippen molar-refractivity contribution in [3.05, 3.63) is 70.6 Å². The van der Waals surface area contributed by atoms with Gasteiger partial charge in [-0.3, -0.25) is 18.7 Å². The summed E-state index contributed by atoms with van der Waals surface area (Å²) in [6, 6.07) is 15.8. The molecule has 0 aromatic heterocycles. The van der Waals surface area contributed by atoms with Gasteiger partial charge in [-0.2, -0.15) is 8.42 Å². The lowest BCUT2D eigenvalue weighted by atomic mass is 9.86. The van der Waals surface area contributed by atoms with Crippen molar-refractivity contribution in [2.45, 2.75) is 0 Å². The second-order valence-electron chi connectivity index (χ2n) is 6.06. The van der Waals surface area contributed by atoms with Crippen LogP contribution in [0.25, 0.3) is 27.6 Å². The second-order valence-corrected chi connectivity index (χ2v) is 6.96. The largest absolute Gasteiger partial charge is 0.394 e. The van der Waals surface area contributed by atoms with E-state index < -0.39 is 22.2 Å². The molecular weight excluding hydrogens is 386 g/mol. The van der Waals surface area contributed by atoms with Crippen LogP contribution < -0.4 is 0 Å². The SMILES string of the molecule is O=NC(=O)C1C=Cc2cc3cc4ccccc4cc3cc2C1=O.O=S(=O)(O)O.